The van der Waals surface area contributed by atoms with E-state index in [2.05, 4.69) is 23.6 Å². The summed E-state index contributed by atoms with van der Waals surface area (Å²) in [6.45, 7) is 3.76. The maximum absolute atomic E-state index is 12.1. The predicted octanol–water partition coefficient (Wildman–Crippen LogP) is 4.16. The number of anilines is 1. The van der Waals surface area contributed by atoms with Gasteiger partial charge in [0, 0.05) is 17.8 Å². The van der Waals surface area contributed by atoms with Gasteiger partial charge in [-0.3, -0.25) is 4.79 Å². The van der Waals surface area contributed by atoms with Crippen LogP contribution in [0.25, 0.3) is 6.08 Å². The molecule has 0 saturated heterocycles. The first-order valence-corrected chi connectivity index (χ1v) is 8.79. The van der Waals surface area contributed by atoms with Crippen LogP contribution in [0.2, 0.25) is 0 Å². The fraction of sp³-hybridized carbons (Fsp3) is 0.263. The standard InChI is InChI=1S/C19H21N3OS/c1-2-11-21-14-17-12-16(13-20)19(24-17)22-18(23)10-6-9-15-7-4-3-5-8-15/h3-9,12,21H,2,10-11,14H2,1H3,(H,22,23). The summed E-state index contributed by atoms with van der Waals surface area (Å²) < 4.78 is 0. The van der Waals surface area contributed by atoms with Gasteiger partial charge in [-0.1, -0.05) is 49.4 Å². The number of benzene rings is 1. The van der Waals surface area contributed by atoms with Crippen molar-refractivity contribution in [3.8, 4) is 6.07 Å². The van der Waals surface area contributed by atoms with E-state index in [4.69, 9.17) is 0 Å². The van der Waals surface area contributed by atoms with Crippen molar-refractivity contribution in [3.05, 3.63) is 58.5 Å². The third kappa shape index (κ3) is 5.65. The maximum atomic E-state index is 12.1. The normalized spacial score (nSPS) is 10.7. The number of nitrogens with one attached hydrogen (secondary N) is 2. The van der Waals surface area contributed by atoms with Gasteiger partial charge in [-0.15, -0.1) is 11.3 Å². The van der Waals surface area contributed by atoms with Crippen LogP contribution in [-0.2, 0) is 11.3 Å². The Morgan fingerprint density at radius 1 is 1.33 bits per heavy atom. The Morgan fingerprint density at radius 2 is 2.12 bits per heavy atom. The highest BCUT2D eigenvalue weighted by Gasteiger charge is 2.11. The molecule has 0 aliphatic rings. The number of rotatable bonds is 8. The predicted molar refractivity (Wildman–Crippen MR) is 99.8 cm³/mol. The average Bonchev–Trinajstić information content (AvgIpc) is 2.98. The lowest BCUT2D eigenvalue weighted by molar-refractivity contribution is -0.115. The van der Waals surface area contributed by atoms with Gasteiger partial charge < -0.3 is 10.6 Å². The summed E-state index contributed by atoms with van der Waals surface area (Å²) in [6, 6.07) is 13.8. The Balaban J connectivity index is 1.91. The first kappa shape index (κ1) is 17.9. The average molecular weight is 339 g/mol. The van der Waals surface area contributed by atoms with Crippen molar-refractivity contribution in [2.75, 3.05) is 11.9 Å². The van der Waals surface area contributed by atoms with Crippen LogP contribution in [0.5, 0.6) is 0 Å². The number of thiophene rings is 1. The summed E-state index contributed by atoms with van der Waals surface area (Å²) in [5, 5.41) is 16.0. The summed E-state index contributed by atoms with van der Waals surface area (Å²) in [5.41, 5.74) is 1.58. The van der Waals surface area contributed by atoms with Gasteiger partial charge in [-0.2, -0.15) is 5.26 Å². The second-order valence-electron chi connectivity index (χ2n) is 5.31. The van der Waals surface area contributed by atoms with Gasteiger partial charge in [-0.05, 0) is 24.6 Å². The topological polar surface area (TPSA) is 64.9 Å². The van der Waals surface area contributed by atoms with Gasteiger partial charge in [0.2, 0.25) is 5.91 Å². The molecule has 0 aliphatic heterocycles. The van der Waals surface area contributed by atoms with Gasteiger partial charge in [0.05, 0.1) is 5.56 Å². The first-order valence-electron chi connectivity index (χ1n) is 7.98. The molecular weight excluding hydrogens is 318 g/mol. The Morgan fingerprint density at radius 3 is 2.83 bits per heavy atom. The van der Waals surface area contributed by atoms with Gasteiger partial charge in [0.15, 0.2) is 0 Å². The lowest BCUT2D eigenvalue weighted by Gasteiger charge is -2.01. The van der Waals surface area contributed by atoms with Crippen LogP contribution in [0.15, 0.2) is 42.5 Å². The van der Waals surface area contributed by atoms with Crippen molar-refractivity contribution in [1.82, 2.24) is 5.32 Å². The number of hydrogen-bond donors (Lipinski definition) is 2. The molecule has 1 aromatic heterocycles. The molecular formula is C19H21N3OS. The van der Waals surface area contributed by atoms with Crippen LogP contribution in [-0.4, -0.2) is 12.5 Å². The smallest absolute Gasteiger partial charge is 0.228 e. The Bertz CT molecular complexity index is 729. The summed E-state index contributed by atoms with van der Waals surface area (Å²) in [6.07, 6.45) is 5.09. The minimum absolute atomic E-state index is 0.117. The van der Waals surface area contributed by atoms with E-state index in [-0.39, 0.29) is 12.3 Å². The largest absolute Gasteiger partial charge is 0.316 e. The van der Waals surface area contributed by atoms with Crippen molar-refractivity contribution in [3.63, 3.8) is 0 Å². The molecule has 2 N–H and O–H groups in total. The van der Waals surface area contributed by atoms with Crippen molar-refractivity contribution in [1.29, 1.82) is 5.26 Å². The van der Waals surface area contributed by atoms with Crippen LogP contribution in [0.1, 0.15) is 35.8 Å². The molecule has 0 aliphatic carbocycles. The van der Waals surface area contributed by atoms with Crippen molar-refractivity contribution in [2.45, 2.75) is 26.3 Å². The van der Waals surface area contributed by atoms with Gasteiger partial charge in [-0.25, -0.2) is 0 Å². The molecule has 0 fully saturated rings. The number of carbonyl (C=O) groups excluding carboxylic acids is 1. The zero-order valence-corrected chi connectivity index (χ0v) is 14.5. The fourth-order valence-electron chi connectivity index (χ4n) is 2.14. The van der Waals surface area contributed by atoms with E-state index < -0.39 is 0 Å². The quantitative estimate of drug-likeness (QED) is 0.710. The zero-order valence-electron chi connectivity index (χ0n) is 13.7. The van der Waals surface area contributed by atoms with Crippen molar-refractivity contribution in [2.24, 2.45) is 0 Å². The molecule has 0 atom stereocenters. The third-order valence-corrected chi connectivity index (χ3v) is 4.35. The van der Waals surface area contributed by atoms with Gasteiger partial charge >= 0.3 is 0 Å². The van der Waals surface area contributed by atoms with Crippen LogP contribution >= 0.6 is 11.3 Å². The third-order valence-electron chi connectivity index (χ3n) is 3.30. The second kappa shape index (κ2) is 9.66. The highest BCUT2D eigenvalue weighted by molar-refractivity contribution is 7.16. The van der Waals surface area contributed by atoms with Gasteiger partial charge in [0.25, 0.3) is 0 Å². The minimum Gasteiger partial charge on any atom is -0.316 e. The summed E-state index contributed by atoms with van der Waals surface area (Å²) in [7, 11) is 0. The molecule has 0 radical (unpaired) electrons. The summed E-state index contributed by atoms with van der Waals surface area (Å²) in [4.78, 5) is 13.1. The van der Waals surface area contributed by atoms with E-state index in [0.29, 0.717) is 10.6 Å². The second-order valence-corrected chi connectivity index (χ2v) is 6.45. The lowest BCUT2D eigenvalue weighted by Crippen LogP contribution is -2.12. The monoisotopic (exact) mass is 339 g/mol. The number of carbonyl (C=O) groups is 1. The molecule has 124 valence electrons. The highest BCUT2D eigenvalue weighted by atomic mass is 32.1. The number of nitrogens with zero attached hydrogens (tertiary/aromatic N) is 1. The van der Waals surface area contributed by atoms with Crippen molar-refractivity contribution >= 4 is 28.3 Å². The Hall–Kier alpha value is -2.42. The molecule has 5 heteroatoms. The first-order chi connectivity index (χ1) is 11.7. The van der Waals surface area contributed by atoms with Crippen LogP contribution < -0.4 is 10.6 Å². The Labute approximate surface area is 146 Å². The molecule has 1 aromatic carbocycles. The molecule has 2 rings (SSSR count). The molecule has 0 bridgehead atoms. The van der Waals surface area contributed by atoms with Gasteiger partial charge in [0.1, 0.15) is 11.1 Å². The number of hydrogen-bond acceptors (Lipinski definition) is 4. The molecule has 0 saturated carbocycles. The maximum Gasteiger partial charge on any atom is 0.228 e. The summed E-state index contributed by atoms with van der Waals surface area (Å²) >= 11 is 1.45. The van der Waals surface area contributed by atoms with E-state index >= 15 is 0 Å². The molecule has 0 unspecified atom stereocenters. The molecule has 1 amide bonds. The van der Waals surface area contributed by atoms with E-state index in [1.165, 1.54) is 11.3 Å². The molecule has 4 nitrogen and oxygen atoms in total. The van der Waals surface area contributed by atoms with E-state index in [0.717, 1.165) is 30.0 Å². The SMILES string of the molecule is CCCNCc1cc(C#N)c(NC(=O)CC=Cc2ccccc2)s1. The number of nitriles is 1. The molecule has 0 spiro atoms. The highest BCUT2D eigenvalue weighted by Crippen LogP contribution is 2.27. The Kier molecular flexibility index (Phi) is 7.21. The molecule has 24 heavy (non-hydrogen) atoms. The number of amides is 1. The molecule has 2 aromatic rings. The summed E-state index contributed by atoms with van der Waals surface area (Å²) in [5.74, 6) is -0.117. The lowest BCUT2D eigenvalue weighted by atomic mass is 10.2. The van der Waals surface area contributed by atoms with Crippen molar-refractivity contribution < 1.29 is 4.79 Å². The fourth-order valence-corrected chi connectivity index (χ4v) is 3.13. The van der Waals surface area contributed by atoms with Crippen LogP contribution in [0, 0.1) is 11.3 Å². The van der Waals surface area contributed by atoms with E-state index in [1.807, 2.05) is 48.6 Å². The van der Waals surface area contributed by atoms with E-state index in [1.54, 1.807) is 0 Å². The van der Waals surface area contributed by atoms with Crippen LogP contribution in [0.3, 0.4) is 0 Å². The van der Waals surface area contributed by atoms with Crippen LogP contribution in [0.4, 0.5) is 5.00 Å². The van der Waals surface area contributed by atoms with E-state index in [9.17, 15) is 10.1 Å². The molecule has 1 heterocycles. The zero-order chi connectivity index (χ0) is 17.2. The minimum atomic E-state index is -0.117.